The van der Waals surface area contributed by atoms with Crippen LogP contribution in [0.1, 0.15) is 23.5 Å². The molecule has 31 heavy (non-hydrogen) atoms. The highest BCUT2D eigenvalue weighted by Crippen LogP contribution is 2.39. The highest BCUT2D eigenvalue weighted by atomic mass is 79.9. The fraction of sp³-hybridized carbons (Fsp3) is 0.381. The van der Waals surface area contributed by atoms with Crippen LogP contribution in [0.3, 0.4) is 0 Å². The van der Waals surface area contributed by atoms with Crippen molar-refractivity contribution in [1.29, 1.82) is 0 Å². The molecule has 4 rings (SSSR count). The number of likely N-dealkylation sites (N-methyl/N-ethyl adjacent to an activating group) is 1. The Balaban J connectivity index is 1.88. The summed E-state index contributed by atoms with van der Waals surface area (Å²) in [6.07, 6.45) is 1.71. The van der Waals surface area contributed by atoms with Gasteiger partial charge in [0, 0.05) is 47.9 Å². The van der Waals surface area contributed by atoms with Gasteiger partial charge in [-0.1, -0.05) is 22.0 Å². The Bertz CT molecular complexity index is 1020. The lowest BCUT2D eigenvalue weighted by atomic mass is 9.94. The molecule has 7 nitrogen and oxygen atoms in total. The van der Waals surface area contributed by atoms with E-state index >= 15 is 0 Å². The molecule has 0 spiro atoms. The first kappa shape index (κ1) is 22.1. The van der Waals surface area contributed by atoms with Crippen molar-refractivity contribution in [3.05, 3.63) is 61.9 Å². The molecule has 0 radical (unpaired) electrons. The summed E-state index contributed by atoms with van der Waals surface area (Å²) in [4.78, 5) is 25.9. The number of aliphatic carboxylic acids is 1. The van der Waals surface area contributed by atoms with E-state index in [0.717, 1.165) is 13.1 Å². The molecule has 1 N–H and O–H groups in total. The monoisotopic (exact) mass is 508 g/mol. The first-order valence-corrected chi connectivity index (χ1v) is 11.6. The minimum atomic E-state index is -1.04. The number of carboxylic acid groups (broad SMARTS) is 1. The summed E-state index contributed by atoms with van der Waals surface area (Å²) in [6, 6.07) is 3.46. The summed E-state index contributed by atoms with van der Waals surface area (Å²) >= 11 is 4.85. The Morgan fingerprint density at radius 1 is 1.39 bits per heavy atom. The standard InChI is InChI=1S/C21H22BrFN4O3S/c1-2-27-16(12-26-6-8-30-9-7-26)17(21(28)29)18(14-4-3-13(23)11-15(14)22)25-19(27)20-24-5-10-31-20/h3-5,10-11,18H,2,6-9,12H2,1H3,(H,28,29). The molecule has 3 heterocycles. The van der Waals surface area contributed by atoms with Gasteiger partial charge in [-0.3, -0.25) is 9.89 Å². The smallest absolute Gasteiger partial charge is 0.335 e. The molecule has 1 fully saturated rings. The van der Waals surface area contributed by atoms with Gasteiger partial charge in [-0.25, -0.2) is 14.2 Å². The molecular weight excluding hydrogens is 487 g/mol. The van der Waals surface area contributed by atoms with Gasteiger partial charge in [0.1, 0.15) is 11.9 Å². The number of benzene rings is 1. The predicted molar refractivity (Wildman–Crippen MR) is 120 cm³/mol. The van der Waals surface area contributed by atoms with Crippen LogP contribution in [-0.4, -0.2) is 71.1 Å². The maximum Gasteiger partial charge on any atom is 0.335 e. The van der Waals surface area contributed by atoms with Crippen LogP contribution in [0.15, 0.2) is 50.5 Å². The number of amidine groups is 1. The fourth-order valence-corrected chi connectivity index (χ4v) is 5.07. The van der Waals surface area contributed by atoms with E-state index in [1.807, 2.05) is 17.2 Å². The van der Waals surface area contributed by atoms with Crippen LogP contribution in [0.4, 0.5) is 4.39 Å². The number of rotatable bonds is 6. The summed E-state index contributed by atoms with van der Waals surface area (Å²) in [7, 11) is 0. The quantitative estimate of drug-likeness (QED) is 0.642. The lowest BCUT2D eigenvalue weighted by Crippen LogP contribution is -2.45. The zero-order chi connectivity index (χ0) is 22.0. The maximum atomic E-state index is 13.7. The summed E-state index contributed by atoms with van der Waals surface area (Å²) in [5.74, 6) is -0.808. The molecule has 0 bridgehead atoms. The zero-order valence-electron chi connectivity index (χ0n) is 16.9. The van der Waals surface area contributed by atoms with Gasteiger partial charge in [-0.05, 0) is 24.6 Å². The summed E-state index contributed by atoms with van der Waals surface area (Å²) in [5.41, 5.74) is 1.47. The fourth-order valence-electron chi connectivity index (χ4n) is 3.86. The van der Waals surface area contributed by atoms with Crippen molar-refractivity contribution in [2.45, 2.75) is 13.0 Å². The largest absolute Gasteiger partial charge is 0.478 e. The average Bonchev–Trinajstić information content (AvgIpc) is 3.28. The number of hydrogen-bond donors (Lipinski definition) is 1. The van der Waals surface area contributed by atoms with E-state index in [4.69, 9.17) is 9.73 Å². The van der Waals surface area contributed by atoms with Gasteiger partial charge in [-0.15, -0.1) is 11.3 Å². The van der Waals surface area contributed by atoms with Crippen LogP contribution in [0.5, 0.6) is 0 Å². The van der Waals surface area contributed by atoms with E-state index < -0.39 is 17.8 Å². The molecule has 2 aliphatic heterocycles. The van der Waals surface area contributed by atoms with Gasteiger partial charge < -0.3 is 14.7 Å². The number of hydrogen-bond acceptors (Lipinski definition) is 7. The van der Waals surface area contributed by atoms with Gasteiger partial charge in [0.15, 0.2) is 10.8 Å². The highest BCUT2D eigenvalue weighted by Gasteiger charge is 2.37. The number of aromatic nitrogens is 1. The van der Waals surface area contributed by atoms with Crippen molar-refractivity contribution in [3.63, 3.8) is 0 Å². The van der Waals surface area contributed by atoms with E-state index in [2.05, 4.69) is 25.8 Å². The van der Waals surface area contributed by atoms with Crippen molar-refractivity contribution < 1.29 is 19.0 Å². The summed E-state index contributed by atoms with van der Waals surface area (Å²) in [5, 5.41) is 12.8. The minimum Gasteiger partial charge on any atom is -0.478 e. The van der Waals surface area contributed by atoms with Crippen molar-refractivity contribution in [2.24, 2.45) is 4.99 Å². The Morgan fingerprint density at radius 2 is 2.16 bits per heavy atom. The number of carbonyl (C=O) groups is 1. The maximum absolute atomic E-state index is 13.7. The second kappa shape index (κ2) is 9.56. The predicted octanol–water partition coefficient (Wildman–Crippen LogP) is 3.54. The van der Waals surface area contributed by atoms with Crippen LogP contribution in [0, 0.1) is 5.82 Å². The Morgan fingerprint density at radius 3 is 2.77 bits per heavy atom. The van der Waals surface area contributed by atoms with E-state index in [9.17, 15) is 14.3 Å². The van der Waals surface area contributed by atoms with E-state index in [-0.39, 0.29) is 5.57 Å². The number of morpholine rings is 1. The SMILES string of the molecule is CCN1C(c2nccs2)=NC(c2ccc(F)cc2Br)C(C(=O)O)=C1CN1CCOCC1. The second-order valence-corrected chi connectivity index (χ2v) is 8.91. The van der Waals surface area contributed by atoms with Crippen LogP contribution in [0.25, 0.3) is 0 Å². The summed E-state index contributed by atoms with van der Waals surface area (Å²) < 4.78 is 19.7. The van der Waals surface area contributed by atoms with E-state index in [1.54, 1.807) is 12.3 Å². The average molecular weight is 509 g/mol. The third-order valence-corrected chi connectivity index (χ3v) is 6.78. The molecule has 1 atom stereocenters. The molecular formula is C21H22BrFN4O3S. The third kappa shape index (κ3) is 4.57. The minimum absolute atomic E-state index is 0.195. The van der Waals surface area contributed by atoms with Crippen molar-refractivity contribution in [3.8, 4) is 0 Å². The molecule has 1 unspecified atom stereocenters. The first-order valence-electron chi connectivity index (χ1n) is 9.96. The van der Waals surface area contributed by atoms with Gasteiger partial charge in [0.05, 0.1) is 18.8 Å². The van der Waals surface area contributed by atoms with E-state index in [0.29, 0.717) is 52.9 Å². The van der Waals surface area contributed by atoms with Crippen LogP contribution in [0.2, 0.25) is 0 Å². The zero-order valence-corrected chi connectivity index (χ0v) is 19.3. The third-order valence-electron chi connectivity index (χ3n) is 5.32. The van der Waals surface area contributed by atoms with Crippen LogP contribution >= 0.6 is 27.3 Å². The lowest BCUT2D eigenvalue weighted by molar-refractivity contribution is -0.133. The molecule has 2 aromatic rings. The van der Waals surface area contributed by atoms with Crippen molar-refractivity contribution in [1.82, 2.24) is 14.8 Å². The van der Waals surface area contributed by atoms with Gasteiger partial charge >= 0.3 is 5.97 Å². The number of ether oxygens (including phenoxy) is 1. The number of nitrogens with zero attached hydrogens (tertiary/aromatic N) is 4. The Hall–Kier alpha value is -2.14. The normalized spacial score (nSPS) is 20.2. The summed E-state index contributed by atoms with van der Waals surface area (Å²) in [6.45, 7) is 5.65. The van der Waals surface area contributed by atoms with Gasteiger partial charge in [0.25, 0.3) is 0 Å². The molecule has 0 aliphatic carbocycles. The molecule has 0 saturated carbocycles. The van der Waals surface area contributed by atoms with Gasteiger partial charge in [0.2, 0.25) is 0 Å². The Labute approximate surface area is 192 Å². The molecule has 1 aromatic heterocycles. The van der Waals surface area contributed by atoms with Crippen molar-refractivity contribution in [2.75, 3.05) is 39.4 Å². The lowest BCUT2D eigenvalue weighted by Gasteiger charge is -2.38. The Kier molecular flexibility index (Phi) is 6.80. The topological polar surface area (TPSA) is 78.3 Å². The molecule has 0 amide bonds. The van der Waals surface area contributed by atoms with E-state index in [1.165, 1.54) is 23.5 Å². The molecule has 164 valence electrons. The molecule has 1 saturated heterocycles. The number of carboxylic acids is 1. The molecule has 1 aromatic carbocycles. The highest BCUT2D eigenvalue weighted by molar-refractivity contribution is 9.10. The molecule has 10 heteroatoms. The second-order valence-electron chi connectivity index (χ2n) is 7.16. The van der Waals surface area contributed by atoms with Crippen molar-refractivity contribution >= 4 is 39.1 Å². The number of aliphatic imine (C=N–C) groups is 1. The van der Waals surface area contributed by atoms with Gasteiger partial charge in [-0.2, -0.15) is 0 Å². The number of halogens is 2. The first-order chi connectivity index (χ1) is 15.0. The van der Waals surface area contributed by atoms with Crippen LogP contribution in [-0.2, 0) is 9.53 Å². The number of thiazole rings is 1. The van der Waals surface area contributed by atoms with Crippen LogP contribution < -0.4 is 0 Å². The molecule has 2 aliphatic rings.